The van der Waals surface area contributed by atoms with Crippen molar-refractivity contribution in [2.24, 2.45) is 0 Å². The van der Waals surface area contributed by atoms with E-state index in [1.165, 1.54) is 0 Å². The van der Waals surface area contributed by atoms with Crippen LogP contribution in [0.5, 0.6) is 11.5 Å². The van der Waals surface area contributed by atoms with E-state index in [1.54, 1.807) is 14.2 Å². The zero-order valence-electron chi connectivity index (χ0n) is 10.8. The molecular weight excluding hydrogens is 218 g/mol. The van der Waals surface area contributed by atoms with Crippen molar-refractivity contribution >= 4 is 0 Å². The molecule has 1 atom stereocenters. The second kappa shape index (κ2) is 7.14. The minimum absolute atomic E-state index is 0.197. The van der Waals surface area contributed by atoms with Crippen molar-refractivity contribution in [1.29, 1.82) is 0 Å². The van der Waals surface area contributed by atoms with Crippen LogP contribution >= 0.6 is 0 Å². The van der Waals surface area contributed by atoms with Crippen LogP contribution in [0.15, 0.2) is 18.2 Å². The molecule has 4 nitrogen and oxygen atoms in total. The molecule has 0 aromatic heterocycles. The first-order valence-corrected chi connectivity index (χ1v) is 5.90. The summed E-state index contributed by atoms with van der Waals surface area (Å²) in [6.07, 6.45) is 0.947. The Morgan fingerprint density at radius 1 is 1.29 bits per heavy atom. The van der Waals surface area contributed by atoms with Crippen LogP contribution < -0.4 is 14.8 Å². The summed E-state index contributed by atoms with van der Waals surface area (Å²) >= 11 is 0. The predicted molar refractivity (Wildman–Crippen MR) is 66.3 cm³/mol. The molecule has 0 bridgehead atoms. The Hall–Kier alpha value is -1.26. The lowest BCUT2D eigenvalue weighted by molar-refractivity contribution is -0.706. The van der Waals surface area contributed by atoms with Crippen molar-refractivity contribution in [3.63, 3.8) is 0 Å². The first-order valence-electron chi connectivity index (χ1n) is 5.90. The Morgan fingerprint density at radius 2 is 2.06 bits per heavy atom. The average Bonchev–Trinajstić information content (AvgIpc) is 2.39. The number of ether oxygens (including phenoxy) is 2. The average molecular weight is 240 g/mol. The number of methoxy groups -OCH3 is 2. The fraction of sp³-hybridized carbons (Fsp3) is 0.538. The summed E-state index contributed by atoms with van der Waals surface area (Å²) in [4.78, 5) is 0. The maximum atomic E-state index is 9.14. The third-order valence-electron chi connectivity index (χ3n) is 2.91. The number of quaternary nitrogens is 1. The number of aliphatic hydroxyl groups excluding tert-OH is 1. The first-order chi connectivity index (χ1) is 8.26. The van der Waals surface area contributed by atoms with Gasteiger partial charge >= 0.3 is 0 Å². The van der Waals surface area contributed by atoms with Crippen LogP contribution in [-0.2, 0) is 6.54 Å². The molecule has 0 fully saturated rings. The van der Waals surface area contributed by atoms with Crippen molar-refractivity contribution in [1.82, 2.24) is 0 Å². The van der Waals surface area contributed by atoms with Gasteiger partial charge in [-0.1, -0.05) is 13.0 Å². The molecule has 96 valence electrons. The first kappa shape index (κ1) is 13.8. The van der Waals surface area contributed by atoms with Crippen LogP contribution in [0.4, 0.5) is 0 Å². The Kier molecular flexibility index (Phi) is 5.80. The molecular formula is C13H22NO3+. The van der Waals surface area contributed by atoms with E-state index in [0.29, 0.717) is 0 Å². The summed E-state index contributed by atoms with van der Waals surface area (Å²) in [5.41, 5.74) is 1.08. The largest absolute Gasteiger partial charge is 0.493 e. The molecule has 0 aliphatic heterocycles. The Balaban J connectivity index is 2.76. The molecule has 1 aromatic carbocycles. The highest BCUT2D eigenvalue weighted by Gasteiger charge is 2.13. The fourth-order valence-corrected chi connectivity index (χ4v) is 1.78. The van der Waals surface area contributed by atoms with Gasteiger partial charge in [-0.15, -0.1) is 0 Å². The van der Waals surface area contributed by atoms with Gasteiger partial charge in [-0.25, -0.2) is 0 Å². The highest BCUT2D eigenvalue weighted by atomic mass is 16.5. The number of aliphatic hydroxyl groups is 1. The van der Waals surface area contributed by atoms with E-state index < -0.39 is 0 Å². The van der Waals surface area contributed by atoms with Crippen LogP contribution in [-0.4, -0.2) is 32.0 Å². The standard InChI is InChI=1S/C13H21NO3/c1-4-11(9-15)14-8-10-6-5-7-12(16-2)13(10)17-3/h5-7,11,14-15H,4,8-9H2,1-3H3/p+1/t11-/m1/s1. The van der Waals surface area contributed by atoms with Crippen molar-refractivity contribution in [3.8, 4) is 11.5 Å². The third-order valence-corrected chi connectivity index (χ3v) is 2.91. The minimum atomic E-state index is 0.197. The normalized spacial score (nSPS) is 12.2. The molecule has 0 unspecified atom stereocenters. The highest BCUT2D eigenvalue weighted by Crippen LogP contribution is 2.29. The summed E-state index contributed by atoms with van der Waals surface area (Å²) < 4.78 is 10.6. The van der Waals surface area contributed by atoms with Crippen LogP contribution in [0.25, 0.3) is 0 Å². The van der Waals surface area contributed by atoms with Crippen molar-refractivity contribution < 1.29 is 19.9 Å². The lowest BCUT2D eigenvalue weighted by atomic mass is 10.1. The smallest absolute Gasteiger partial charge is 0.169 e. The number of rotatable bonds is 7. The Morgan fingerprint density at radius 3 is 2.59 bits per heavy atom. The fourth-order valence-electron chi connectivity index (χ4n) is 1.78. The summed E-state index contributed by atoms with van der Waals surface area (Å²) in [7, 11) is 3.28. The van der Waals surface area contributed by atoms with Gasteiger partial charge in [0.05, 0.1) is 26.4 Å². The van der Waals surface area contributed by atoms with Crippen LogP contribution in [0.1, 0.15) is 18.9 Å². The van der Waals surface area contributed by atoms with E-state index in [4.69, 9.17) is 14.6 Å². The molecule has 1 aromatic rings. The molecule has 17 heavy (non-hydrogen) atoms. The minimum Gasteiger partial charge on any atom is -0.493 e. The molecule has 1 rings (SSSR count). The highest BCUT2D eigenvalue weighted by molar-refractivity contribution is 5.46. The topological polar surface area (TPSA) is 55.3 Å². The van der Waals surface area contributed by atoms with E-state index >= 15 is 0 Å². The van der Waals surface area contributed by atoms with E-state index in [9.17, 15) is 0 Å². The Labute approximate surface area is 103 Å². The van der Waals surface area contributed by atoms with Crippen molar-refractivity contribution in [3.05, 3.63) is 23.8 Å². The quantitative estimate of drug-likeness (QED) is 0.731. The predicted octanol–water partition coefficient (Wildman–Crippen LogP) is 0.538. The zero-order chi connectivity index (χ0) is 12.7. The Bertz CT molecular complexity index is 337. The lowest BCUT2D eigenvalue weighted by Gasteiger charge is -2.14. The van der Waals surface area contributed by atoms with Gasteiger partial charge in [0.25, 0.3) is 0 Å². The van der Waals surface area contributed by atoms with Crippen LogP contribution in [0.2, 0.25) is 0 Å². The molecule has 0 amide bonds. The van der Waals surface area contributed by atoms with E-state index in [2.05, 4.69) is 12.2 Å². The van der Waals surface area contributed by atoms with Gasteiger partial charge in [-0.3, -0.25) is 0 Å². The second-order valence-electron chi connectivity index (χ2n) is 3.94. The van der Waals surface area contributed by atoms with Gasteiger partial charge < -0.3 is 19.9 Å². The number of benzene rings is 1. The van der Waals surface area contributed by atoms with E-state index in [-0.39, 0.29) is 12.6 Å². The number of nitrogens with two attached hydrogens (primary N) is 1. The zero-order valence-corrected chi connectivity index (χ0v) is 10.8. The van der Waals surface area contributed by atoms with Crippen LogP contribution in [0, 0.1) is 0 Å². The van der Waals surface area contributed by atoms with Crippen LogP contribution in [0.3, 0.4) is 0 Å². The summed E-state index contributed by atoms with van der Waals surface area (Å²) in [5, 5.41) is 11.3. The van der Waals surface area contributed by atoms with Gasteiger partial charge in [0.2, 0.25) is 0 Å². The molecule has 0 aliphatic carbocycles. The van der Waals surface area contributed by atoms with E-state index in [0.717, 1.165) is 30.0 Å². The summed E-state index contributed by atoms with van der Waals surface area (Å²) in [6.45, 7) is 3.04. The third kappa shape index (κ3) is 3.61. The molecule has 3 N–H and O–H groups in total. The molecule has 0 aliphatic rings. The van der Waals surface area contributed by atoms with Gasteiger partial charge in [-0.05, 0) is 18.6 Å². The van der Waals surface area contributed by atoms with Crippen molar-refractivity contribution in [2.75, 3.05) is 20.8 Å². The number of hydrogen-bond acceptors (Lipinski definition) is 3. The number of hydrogen-bond donors (Lipinski definition) is 2. The number of para-hydroxylation sites is 1. The maximum absolute atomic E-state index is 9.14. The SMILES string of the molecule is CC[C@H](CO)[NH2+]Cc1cccc(OC)c1OC. The lowest BCUT2D eigenvalue weighted by Crippen LogP contribution is -2.89. The van der Waals surface area contributed by atoms with Crippen molar-refractivity contribution in [2.45, 2.75) is 25.9 Å². The monoisotopic (exact) mass is 240 g/mol. The van der Waals surface area contributed by atoms with Gasteiger partial charge in [0.15, 0.2) is 11.5 Å². The molecule has 0 saturated heterocycles. The second-order valence-corrected chi connectivity index (χ2v) is 3.94. The van der Waals surface area contributed by atoms with E-state index in [1.807, 2.05) is 18.2 Å². The molecule has 0 spiro atoms. The molecule has 0 saturated carbocycles. The summed E-state index contributed by atoms with van der Waals surface area (Å²) in [5.74, 6) is 1.52. The summed E-state index contributed by atoms with van der Waals surface area (Å²) in [6, 6.07) is 6.09. The maximum Gasteiger partial charge on any atom is 0.169 e. The molecule has 0 heterocycles. The molecule has 0 radical (unpaired) electrons. The van der Waals surface area contributed by atoms with Gasteiger partial charge in [0, 0.05) is 0 Å². The van der Waals surface area contributed by atoms with Gasteiger partial charge in [0.1, 0.15) is 12.6 Å². The molecule has 4 heteroatoms. The van der Waals surface area contributed by atoms with Gasteiger partial charge in [-0.2, -0.15) is 0 Å².